The Kier molecular flexibility index (Phi) is 3.20. The van der Waals surface area contributed by atoms with E-state index in [1.165, 1.54) is 6.20 Å². The van der Waals surface area contributed by atoms with Gasteiger partial charge >= 0.3 is 0 Å². The first-order valence-corrected chi connectivity index (χ1v) is 5.28. The summed E-state index contributed by atoms with van der Waals surface area (Å²) in [4.78, 5) is 15.5. The molecule has 0 unspecified atom stereocenters. The summed E-state index contributed by atoms with van der Waals surface area (Å²) in [6.07, 6.45) is 1.49. The van der Waals surface area contributed by atoms with Crippen LogP contribution in [0.15, 0.2) is 30.5 Å². The monoisotopic (exact) mass is 231 g/mol. The summed E-state index contributed by atoms with van der Waals surface area (Å²) in [6, 6.07) is 7.28. The van der Waals surface area contributed by atoms with E-state index in [1.807, 2.05) is 25.1 Å². The van der Waals surface area contributed by atoms with E-state index in [0.717, 1.165) is 16.7 Å². The molecule has 2 aromatic rings. The van der Waals surface area contributed by atoms with Crippen molar-refractivity contribution in [2.75, 3.05) is 6.61 Å². The molecule has 0 atom stereocenters. The first-order chi connectivity index (χ1) is 8.24. The second kappa shape index (κ2) is 4.80. The number of fused-ring (bicyclic) bond motifs is 1. The minimum atomic E-state index is -0.360. The second-order valence-electron chi connectivity index (χ2n) is 3.48. The molecule has 0 radical (unpaired) electrons. The van der Waals surface area contributed by atoms with Gasteiger partial charge in [-0.15, -0.1) is 0 Å². The molecule has 0 saturated heterocycles. The Labute approximate surface area is 98.6 Å². The van der Waals surface area contributed by atoms with Crippen LogP contribution in [-0.2, 0) is 0 Å². The van der Waals surface area contributed by atoms with E-state index in [0.29, 0.717) is 12.2 Å². The highest BCUT2D eigenvalue weighted by Crippen LogP contribution is 2.20. The van der Waals surface area contributed by atoms with Crippen molar-refractivity contribution in [3.63, 3.8) is 0 Å². The van der Waals surface area contributed by atoms with E-state index >= 15 is 0 Å². The fourth-order valence-corrected chi connectivity index (χ4v) is 1.57. The van der Waals surface area contributed by atoms with Gasteiger partial charge in [0, 0.05) is 11.6 Å². The fraction of sp³-hybridized carbons (Fsp3) is 0.167. The first-order valence-electron chi connectivity index (χ1n) is 5.28. The maximum absolute atomic E-state index is 11.4. The number of aromatic nitrogens is 1. The lowest BCUT2D eigenvalue weighted by Crippen LogP contribution is -2.30. The van der Waals surface area contributed by atoms with Crippen molar-refractivity contribution in [1.82, 2.24) is 10.4 Å². The van der Waals surface area contributed by atoms with Crippen LogP contribution in [0, 0.1) is 0 Å². The maximum atomic E-state index is 11.4. The Morgan fingerprint density at radius 2 is 2.29 bits per heavy atom. The van der Waals surface area contributed by atoms with Gasteiger partial charge in [0.1, 0.15) is 5.75 Å². The van der Waals surface area contributed by atoms with Crippen LogP contribution in [0.2, 0.25) is 0 Å². The van der Waals surface area contributed by atoms with Crippen molar-refractivity contribution in [2.24, 2.45) is 5.84 Å². The normalized spacial score (nSPS) is 10.2. The van der Waals surface area contributed by atoms with Crippen LogP contribution in [-0.4, -0.2) is 17.5 Å². The number of hydrogen-bond donors (Lipinski definition) is 2. The van der Waals surface area contributed by atoms with Gasteiger partial charge in [-0.1, -0.05) is 0 Å². The highest BCUT2D eigenvalue weighted by Gasteiger charge is 2.06. The maximum Gasteiger partial charge on any atom is 0.266 e. The summed E-state index contributed by atoms with van der Waals surface area (Å²) < 4.78 is 5.39. The van der Waals surface area contributed by atoms with Crippen molar-refractivity contribution >= 4 is 16.8 Å². The molecule has 0 aliphatic rings. The number of nitrogens with one attached hydrogen (secondary N) is 1. The quantitative estimate of drug-likeness (QED) is 0.473. The molecular weight excluding hydrogens is 218 g/mol. The molecule has 88 valence electrons. The molecule has 17 heavy (non-hydrogen) atoms. The number of nitrogen functional groups attached to an aromatic ring is 1. The van der Waals surface area contributed by atoms with Crippen molar-refractivity contribution in [3.8, 4) is 5.75 Å². The summed E-state index contributed by atoms with van der Waals surface area (Å²) in [6.45, 7) is 2.52. The number of rotatable bonds is 3. The van der Waals surface area contributed by atoms with Crippen LogP contribution in [0.25, 0.3) is 10.9 Å². The van der Waals surface area contributed by atoms with E-state index in [2.05, 4.69) is 10.4 Å². The number of hydrogen-bond acceptors (Lipinski definition) is 4. The molecule has 0 saturated carbocycles. The average Bonchev–Trinajstić information content (AvgIpc) is 2.37. The van der Waals surface area contributed by atoms with E-state index < -0.39 is 0 Å². The van der Waals surface area contributed by atoms with E-state index in [4.69, 9.17) is 10.6 Å². The van der Waals surface area contributed by atoms with Crippen molar-refractivity contribution in [2.45, 2.75) is 6.92 Å². The number of carbonyl (C=O) groups excluding carboxylic acids is 1. The molecule has 0 fully saturated rings. The molecule has 0 bridgehead atoms. The Hall–Kier alpha value is -2.14. The van der Waals surface area contributed by atoms with E-state index in [1.54, 1.807) is 6.07 Å². The highest BCUT2D eigenvalue weighted by atomic mass is 16.5. The second-order valence-corrected chi connectivity index (χ2v) is 3.48. The summed E-state index contributed by atoms with van der Waals surface area (Å²) in [5.74, 6) is 5.47. The predicted octanol–water partition coefficient (Wildman–Crippen LogP) is 1.24. The molecule has 0 aliphatic carbocycles. The summed E-state index contributed by atoms with van der Waals surface area (Å²) in [7, 11) is 0. The topological polar surface area (TPSA) is 77.2 Å². The molecule has 1 aromatic heterocycles. The van der Waals surface area contributed by atoms with Crippen molar-refractivity contribution in [3.05, 3.63) is 36.0 Å². The van der Waals surface area contributed by atoms with Gasteiger partial charge in [-0.05, 0) is 31.2 Å². The molecule has 5 heteroatoms. The number of pyridine rings is 1. The minimum absolute atomic E-state index is 0.360. The zero-order valence-electron chi connectivity index (χ0n) is 9.43. The average molecular weight is 231 g/mol. The SMILES string of the molecule is CCOc1ccc2ncc(C(=O)NN)cc2c1. The molecule has 0 aliphatic heterocycles. The van der Waals surface area contributed by atoms with Crippen LogP contribution in [0.5, 0.6) is 5.75 Å². The number of hydrazine groups is 1. The number of nitrogens with zero attached hydrogens (tertiary/aromatic N) is 1. The molecule has 3 N–H and O–H groups in total. The van der Waals surface area contributed by atoms with Gasteiger partial charge in [0.2, 0.25) is 0 Å². The molecule has 1 amide bonds. The number of nitrogens with two attached hydrogens (primary N) is 1. The smallest absolute Gasteiger partial charge is 0.266 e. The van der Waals surface area contributed by atoms with Gasteiger partial charge in [0.15, 0.2) is 0 Å². The van der Waals surface area contributed by atoms with Crippen LogP contribution in [0.4, 0.5) is 0 Å². The lowest BCUT2D eigenvalue weighted by molar-refractivity contribution is 0.0953. The Bertz CT molecular complexity index is 554. The van der Waals surface area contributed by atoms with Gasteiger partial charge in [-0.2, -0.15) is 0 Å². The van der Waals surface area contributed by atoms with Gasteiger partial charge in [-0.3, -0.25) is 15.2 Å². The Morgan fingerprint density at radius 1 is 1.47 bits per heavy atom. The molecular formula is C12H13N3O2. The lowest BCUT2D eigenvalue weighted by atomic mass is 10.1. The minimum Gasteiger partial charge on any atom is -0.494 e. The molecule has 2 rings (SSSR count). The zero-order valence-corrected chi connectivity index (χ0v) is 9.43. The summed E-state index contributed by atoms with van der Waals surface area (Å²) in [5, 5.41) is 0.844. The van der Waals surface area contributed by atoms with Gasteiger partial charge < -0.3 is 4.74 Å². The number of benzene rings is 1. The van der Waals surface area contributed by atoms with Crippen LogP contribution in [0.1, 0.15) is 17.3 Å². The van der Waals surface area contributed by atoms with Crippen molar-refractivity contribution in [1.29, 1.82) is 0 Å². The lowest BCUT2D eigenvalue weighted by Gasteiger charge is -2.05. The molecule has 1 heterocycles. The zero-order chi connectivity index (χ0) is 12.3. The third kappa shape index (κ3) is 2.34. The fourth-order valence-electron chi connectivity index (χ4n) is 1.57. The number of amides is 1. The van der Waals surface area contributed by atoms with Crippen LogP contribution in [0.3, 0.4) is 0 Å². The molecule has 0 spiro atoms. The Morgan fingerprint density at radius 3 is 3.00 bits per heavy atom. The van der Waals surface area contributed by atoms with E-state index in [-0.39, 0.29) is 5.91 Å². The largest absolute Gasteiger partial charge is 0.494 e. The van der Waals surface area contributed by atoms with Gasteiger partial charge in [0.25, 0.3) is 5.91 Å². The number of carbonyl (C=O) groups is 1. The van der Waals surface area contributed by atoms with Crippen LogP contribution < -0.4 is 16.0 Å². The molecule has 5 nitrogen and oxygen atoms in total. The third-order valence-electron chi connectivity index (χ3n) is 2.36. The number of ether oxygens (including phenoxy) is 1. The van der Waals surface area contributed by atoms with E-state index in [9.17, 15) is 4.79 Å². The predicted molar refractivity (Wildman–Crippen MR) is 64.6 cm³/mol. The van der Waals surface area contributed by atoms with Gasteiger partial charge in [-0.25, -0.2) is 5.84 Å². The third-order valence-corrected chi connectivity index (χ3v) is 2.36. The van der Waals surface area contributed by atoms with Crippen molar-refractivity contribution < 1.29 is 9.53 Å². The Balaban J connectivity index is 2.46. The molecule has 1 aromatic carbocycles. The highest BCUT2D eigenvalue weighted by molar-refractivity contribution is 5.97. The summed E-state index contributed by atoms with van der Waals surface area (Å²) >= 11 is 0. The first kappa shape index (κ1) is 11.3. The summed E-state index contributed by atoms with van der Waals surface area (Å²) in [5.41, 5.74) is 3.31. The van der Waals surface area contributed by atoms with Gasteiger partial charge in [0.05, 0.1) is 17.7 Å². The van der Waals surface area contributed by atoms with Crippen LogP contribution >= 0.6 is 0 Å². The standard InChI is InChI=1S/C12H13N3O2/c1-2-17-10-3-4-11-8(6-10)5-9(7-14-11)12(16)15-13/h3-7H,2,13H2,1H3,(H,15,16).